The summed E-state index contributed by atoms with van der Waals surface area (Å²) in [6.07, 6.45) is -1.46. The van der Waals surface area contributed by atoms with Gasteiger partial charge in [-0.25, -0.2) is 14.4 Å². The number of aliphatic hydroxyl groups excluding tert-OH is 1. The van der Waals surface area contributed by atoms with Gasteiger partial charge < -0.3 is 93.1 Å². The Kier molecular flexibility index (Phi) is 36.4. The highest BCUT2D eigenvalue weighted by Gasteiger charge is 2.24. The molecule has 25 heteroatoms. The number of benzene rings is 2. The molecule has 0 aliphatic rings. The number of ether oxygens (including phenoxy) is 13. The molecule has 0 saturated carbocycles. The van der Waals surface area contributed by atoms with Gasteiger partial charge in [-0.1, -0.05) is 24.3 Å². The minimum Gasteiger partial charge on any atom is -0.488 e. The third-order valence-electron chi connectivity index (χ3n) is 10.3. The van der Waals surface area contributed by atoms with E-state index in [0.29, 0.717) is 63.2 Å². The van der Waals surface area contributed by atoms with Crippen LogP contribution in [0.15, 0.2) is 48.5 Å². The number of nitrogens with one attached hydrogen (secondary N) is 4. The number of alkyl carbamates (subject to hydrolysis) is 1. The van der Waals surface area contributed by atoms with Crippen LogP contribution in [0.5, 0.6) is 11.5 Å². The molecule has 3 unspecified atom stereocenters. The van der Waals surface area contributed by atoms with Crippen molar-refractivity contribution in [1.29, 1.82) is 0 Å². The molecule has 0 radical (unpaired) electrons. The maximum atomic E-state index is 13.4. The van der Waals surface area contributed by atoms with Crippen molar-refractivity contribution in [2.45, 2.75) is 123 Å². The standard InChI is InChI=1S/C57H92N4O21/c1-55(2,3)80-50(64)40-78-44-14-10-42(11-15-44)38-46(60-48(62)18-22-70-26-30-74-35-37-77-33-29-73-25-21-59-54(69)82-57(7,8)9)52(66)58-20-24-72-28-32-76-36-34-75-31-27-71-23-19-49(63)61-47(53(67)68)39-43-12-16-45(17-13-43)79-41-51(65)81-56(4,5)6/h10-17,46-47,50,64H,18-41H2,1-9H3,(H,58,66)(H,59,69)(H,60,62)(H,61,63)(H,67,68). The number of esters is 1. The van der Waals surface area contributed by atoms with E-state index in [9.17, 15) is 39.0 Å². The molecule has 3 atom stereocenters. The third-order valence-corrected chi connectivity index (χ3v) is 10.3. The Morgan fingerprint density at radius 2 is 0.841 bits per heavy atom. The molecule has 25 nitrogen and oxygen atoms in total. The monoisotopic (exact) mass is 1170 g/mol. The van der Waals surface area contributed by atoms with E-state index < -0.39 is 65.0 Å². The number of amides is 4. The van der Waals surface area contributed by atoms with Crippen LogP contribution in [-0.2, 0) is 88.9 Å². The van der Waals surface area contributed by atoms with Gasteiger partial charge in [-0.15, -0.1) is 0 Å². The first-order chi connectivity index (χ1) is 38.9. The molecule has 2 aromatic rings. The minimum absolute atomic E-state index is 0.00540. The molecule has 82 heavy (non-hydrogen) atoms. The van der Waals surface area contributed by atoms with Gasteiger partial charge in [0.2, 0.25) is 17.7 Å². The van der Waals surface area contributed by atoms with Gasteiger partial charge in [0.1, 0.15) is 41.4 Å². The highest BCUT2D eigenvalue weighted by molar-refractivity contribution is 5.88. The number of hydrogen-bond acceptors (Lipinski definition) is 20. The van der Waals surface area contributed by atoms with Crippen LogP contribution in [0.25, 0.3) is 0 Å². The van der Waals surface area contributed by atoms with Crippen LogP contribution in [0.2, 0.25) is 0 Å². The number of carboxylic acids is 1. The predicted octanol–water partition coefficient (Wildman–Crippen LogP) is 3.31. The molecular formula is C57H92N4O21. The van der Waals surface area contributed by atoms with Crippen molar-refractivity contribution in [3.8, 4) is 11.5 Å². The van der Waals surface area contributed by atoms with E-state index in [2.05, 4.69) is 21.3 Å². The van der Waals surface area contributed by atoms with E-state index in [4.69, 9.17) is 61.6 Å². The molecule has 2 rings (SSSR count). The molecular weight excluding hydrogens is 1080 g/mol. The van der Waals surface area contributed by atoms with E-state index in [-0.39, 0.29) is 117 Å². The summed E-state index contributed by atoms with van der Waals surface area (Å²) in [5, 5.41) is 30.6. The first-order valence-electron chi connectivity index (χ1n) is 27.6. The maximum absolute atomic E-state index is 13.4. The Morgan fingerprint density at radius 1 is 0.463 bits per heavy atom. The number of carbonyl (C=O) groups excluding carboxylic acids is 5. The molecule has 0 spiro atoms. The number of aliphatic carboxylic acids is 1. The number of carboxylic acid groups (broad SMARTS) is 1. The van der Waals surface area contributed by atoms with Crippen molar-refractivity contribution in [3.63, 3.8) is 0 Å². The van der Waals surface area contributed by atoms with Crippen LogP contribution in [-0.4, -0.2) is 213 Å². The van der Waals surface area contributed by atoms with Gasteiger partial charge in [-0.2, -0.15) is 0 Å². The summed E-state index contributed by atoms with van der Waals surface area (Å²) in [4.78, 5) is 74.3. The number of rotatable bonds is 45. The minimum atomic E-state index is -1.19. The first kappa shape index (κ1) is 72.4. The quantitative estimate of drug-likeness (QED) is 0.0315. The Bertz CT molecular complexity index is 2090. The lowest BCUT2D eigenvalue weighted by atomic mass is 10.0. The van der Waals surface area contributed by atoms with Crippen molar-refractivity contribution in [1.82, 2.24) is 21.3 Å². The molecule has 0 aliphatic carbocycles. The van der Waals surface area contributed by atoms with Gasteiger partial charge in [0.15, 0.2) is 12.9 Å². The van der Waals surface area contributed by atoms with Crippen molar-refractivity contribution < 1.29 is 101 Å². The molecule has 0 aromatic heterocycles. The van der Waals surface area contributed by atoms with Gasteiger partial charge in [0.05, 0.1) is 111 Å². The van der Waals surface area contributed by atoms with Crippen LogP contribution in [0.4, 0.5) is 4.79 Å². The van der Waals surface area contributed by atoms with Crippen molar-refractivity contribution in [2.24, 2.45) is 0 Å². The molecule has 4 amide bonds. The molecule has 0 heterocycles. The van der Waals surface area contributed by atoms with Crippen LogP contribution < -0.4 is 30.7 Å². The van der Waals surface area contributed by atoms with Crippen LogP contribution in [0.3, 0.4) is 0 Å². The van der Waals surface area contributed by atoms with Crippen molar-refractivity contribution in [2.75, 3.05) is 132 Å². The van der Waals surface area contributed by atoms with E-state index in [1.807, 2.05) is 20.8 Å². The Balaban J connectivity index is 1.62. The molecule has 0 bridgehead atoms. The number of carbonyl (C=O) groups is 6. The summed E-state index contributed by atoms with van der Waals surface area (Å²) in [6.45, 7) is 20.4. The van der Waals surface area contributed by atoms with E-state index in [1.54, 1.807) is 90.1 Å². The molecule has 2 aromatic carbocycles. The molecule has 6 N–H and O–H groups in total. The van der Waals surface area contributed by atoms with E-state index in [0.717, 1.165) is 5.56 Å². The van der Waals surface area contributed by atoms with Gasteiger partial charge >= 0.3 is 18.0 Å². The topological polar surface area (TPSA) is 311 Å². The lowest BCUT2D eigenvalue weighted by Gasteiger charge is -2.24. The predicted molar refractivity (Wildman–Crippen MR) is 299 cm³/mol. The zero-order valence-corrected chi connectivity index (χ0v) is 49.5. The van der Waals surface area contributed by atoms with Crippen LogP contribution in [0, 0.1) is 0 Å². The smallest absolute Gasteiger partial charge is 0.407 e. The fraction of sp³-hybridized carbons (Fsp3) is 0.684. The third kappa shape index (κ3) is 40.5. The number of aliphatic hydroxyl groups is 1. The second-order valence-corrected chi connectivity index (χ2v) is 21.3. The Morgan fingerprint density at radius 3 is 1.26 bits per heavy atom. The lowest BCUT2D eigenvalue weighted by molar-refractivity contribution is -0.178. The van der Waals surface area contributed by atoms with Crippen LogP contribution >= 0.6 is 0 Å². The summed E-state index contributed by atoms with van der Waals surface area (Å²) in [5.41, 5.74) is -0.359. The Hall–Kier alpha value is -5.74. The lowest BCUT2D eigenvalue weighted by Crippen LogP contribution is -2.48. The highest BCUT2D eigenvalue weighted by Crippen LogP contribution is 2.17. The van der Waals surface area contributed by atoms with Gasteiger partial charge in [0, 0.05) is 38.8 Å². The normalized spacial score (nSPS) is 12.9. The summed E-state index contributed by atoms with van der Waals surface area (Å²) in [7, 11) is 0. The summed E-state index contributed by atoms with van der Waals surface area (Å²) in [5.74, 6) is -2.08. The molecule has 0 fully saturated rings. The van der Waals surface area contributed by atoms with Crippen molar-refractivity contribution >= 4 is 35.8 Å². The summed E-state index contributed by atoms with van der Waals surface area (Å²) in [6, 6.07) is 11.4. The van der Waals surface area contributed by atoms with Gasteiger partial charge in [-0.3, -0.25) is 14.4 Å². The SMILES string of the molecule is CC(C)(C)OC(=O)COc1ccc(CC(NC(=O)CCOCCOCCOCCOCCNC(=O)C(Cc2ccc(OCC(O)OC(C)(C)C)cc2)NC(=O)CCOCCOCCOCCOCCNC(=O)OC(C)(C)C)C(=O)O)cc1. The largest absolute Gasteiger partial charge is 0.488 e. The zero-order valence-electron chi connectivity index (χ0n) is 49.5. The zero-order chi connectivity index (χ0) is 60.7. The maximum Gasteiger partial charge on any atom is 0.407 e. The van der Waals surface area contributed by atoms with Crippen LogP contribution in [0.1, 0.15) is 86.3 Å². The average molecular weight is 1170 g/mol. The van der Waals surface area contributed by atoms with Gasteiger partial charge in [-0.05, 0) is 97.7 Å². The first-order valence-corrected chi connectivity index (χ1v) is 27.6. The molecule has 0 saturated heterocycles. The fourth-order valence-electron chi connectivity index (χ4n) is 6.74. The molecule has 0 aliphatic heterocycles. The highest BCUT2D eigenvalue weighted by atomic mass is 16.6. The second-order valence-electron chi connectivity index (χ2n) is 21.3. The van der Waals surface area contributed by atoms with Gasteiger partial charge in [0.25, 0.3) is 0 Å². The van der Waals surface area contributed by atoms with Crippen molar-refractivity contribution in [3.05, 3.63) is 59.7 Å². The summed E-state index contributed by atoms with van der Waals surface area (Å²) >= 11 is 0. The van der Waals surface area contributed by atoms with E-state index in [1.165, 1.54) is 0 Å². The van der Waals surface area contributed by atoms with E-state index >= 15 is 0 Å². The Labute approximate surface area is 482 Å². The fourth-order valence-corrected chi connectivity index (χ4v) is 6.74. The number of hydrogen-bond donors (Lipinski definition) is 6. The second kappa shape index (κ2) is 41.3. The average Bonchev–Trinajstić information content (AvgIpc) is 3.40. The summed E-state index contributed by atoms with van der Waals surface area (Å²) < 4.78 is 71.1. The molecule has 466 valence electrons.